The normalized spacial score (nSPS) is 12.1. The Labute approximate surface area is 408 Å². The molecule has 0 amide bonds. The molecule has 1 radical (unpaired) electrons. The zero-order valence-corrected chi connectivity index (χ0v) is 43.8. The summed E-state index contributed by atoms with van der Waals surface area (Å²) in [6, 6.07) is 61.7. The molecule has 0 atom stereocenters. The van der Waals surface area contributed by atoms with Crippen LogP contribution in [0, 0.1) is 12.1 Å². The summed E-state index contributed by atoms with van der Waals surface area (Å²) in [4.78, 5) is 9.92. The minimum atomic E-state index is -2.03. The van der Waals surface area contributed by atoms with Crippen LogP contribution in [0.4, 0.5) is 0 Å². The third-order valence-electron chi connectivity index (χ3n) is 12.3. The van der Waals surface area contributed by atoms with Crippen LogP contribution in [0.3, 0.4) is 0 Å². The van der Waals surface area contributed by atoms with Crippen molar-refractivity contribution in [2.45, 2.75) is 76.5 Å². The smallest absolute Gasteiger partial charge is 0 e. The van der Waals surface area contributed by atoms with Gasteiger partial charge in [-0.15, -0.1) is 18.2 Å². The standard InChI is InChI=1S/C43H35N2O.C17H22GeN.Ir/c1-27(2)36-24-32(30-16-9-6-10-17-30)25-37(28(3)4)41(36)45-39-21-12-11-20-38(39)44-43(45)35-19-13-18-34-33-23-22-31(26-40(33)46-42(34)35)29-14-7-5-8-15-29;1-13(2)15-11-17(14-9-7-6-8-10-14)19-12-16(15)18(3,4)5;/h5-18,20-28H,1-4H3;6-9,11-13H,1-5H3;/q2*-1;/i;13D;. The van der Waals surface area contributed by atoms with Crippen LogP contribution >= 0.6 is 0 Å². The number of nitrogens with zero attached hydrogens (tertiary/aromatic N) is 3. The van der Waals surface area contributed by atoms with Gasteiger partial charge in [-0.05, 0) is 75.5 Å². The van der Waals surface area contributed by atoms with Crippen LogP contribution < -0.4 is 4.40 Å². The summed E-state index contributed by atoms with van der Waals surface area (Å²) in [5, 5.41) is 2.15. The SMILES string of the molecule is CC(C)c1cc(-c2ccccc2)cc(C(C)C)c1-n1c(-c2[c-]ccc3c2oc2cc(-c4ccccc4)ccc23)nc2ccccc21.[2H]C(C)(C)c1cc(-c2[c-]cccc2)nc[c]1[Ge]([CH3])([CH3])[CH3].[Ir]. The van der Waals surface area contributed by atoms with E-state index in [1.807, 2.05) is 56.4 Å². The van der Waals surface area contributed by atoms with E-state index in [4.69, 9.17) is 10.8 Å². The second-order valence-corrected chi connectivity index (χ2v) is 29.4. The Balaban J connectivity index is 0.000000244. The molecule has 333 valence electrons. The topological polar surface area (TPSA) is 43.9 Å². The van der Waals surface area contributed by atoms with Crippen molar-refractivity contribution in [3.8, 4) is 50.6 Å². The molecule has 6 heteroatoms. The zero-order chi connectivity index (χ0) is 46.3. The number of hydrogen-bond acceptors (Lipinski definition) is 3. The van der Waals surface area contributed by atoms with Crippen LogP contribution in [0.5, 0.6) is 0 Å². The number of fused-ring (bicyclic) bond motifs is 4. The largest absolute Gasteiger partial charge is 0 e. The Bertz CT molecular complexity index is 3300. The molecule has 7 aromatic carbocycles. The molecule has 10 aromatic rings. The molecule has 66 heavy (non-hydrogen) atoms. The van der Waals surface area contributed by atoms with Crippen molar-refractivity contribution in [3.05, 3.63) is 193 Å². The number of furan rings is 1. The Morgan fingerprint density at radius 3 is 1.86 bits per heavy atom. The van der Waals surface area contributed by atoms with Crippen molar-refractivity contribution in [2.24, 2.45) is 0 Å². The molecular weight excluding hydrogens is 1040 g/mol. The molecule has 0 spiro atoms. The van der Waals surface area contributed by atoms with Crippen LogP contribution in [0.1, 0.15) is 77.3 Å². The van der Waals surface area contributed by atoms with Gasteiger partial charge in [-0.25, -0.2) is 0 Å². The summed E-state index contributed by atoms with van der Waals surface area (Å²) in [6.45, 7) is 13.1. The Kier molecular flexibility index (Phi) is 13.4. The van der Waals surface area contributed by atoms with Gasteiger partial charge in [0.2, 0.25) is 0 Å². The van der Waals surface area contributed by atoms with E-state index in [0.29, 0.717) is 0 Å². The molecule has 0 aliphatic heterocycles. The van der Waals surface area contributed by atoms with Gasteiger partial charge in [0.25, 0.3) is 0 Å². The molecule has 0 N–H and O–H groups in total. The molecule has 0 saturated heterocycles. The first-order valence-corrected chi connectivity index (χ1v) is 30.1. The molecular formula is C60H57GeIrN3O-2. The number of imidazole rings is 1. The van der Waals surface area contributed by atoms with Gasteiger partial charge in [-0.2, -0.15) is 0 Å². The van der Waals surface area contributed by atoms with Gasteiger partial charge < -0.3 is 8.98 Å². The minimum Gasteiger partial charge on any atom is 0 e. The van der Waals surface area contributed by atoms with Crippen molar-refractivity contribution in [2.75, 3.05) is 0 Å². The Morgan fingerprint density at radius 1 is 0.606 bits per heavy atom. The van der Waals surface area contributed by atoms with Gasteiger partial charge in [-0.1, -0.05) is 124 Å². The van der Waals surface area contributed by atoms with Crippen molar-refractivity contribution >= 4 is 50.6 Å². The average Bonchev–Trinajstić information content (AvgIpc) is 3.90. The molecule has 3 heterocycles. The monoisotopic (exact) mass is 1100 g/mol. The van der Waals surface area contributed by atoms with Crippen molar-refractivity contribution < 1.29 is 25.9 Å². The fourth-order valence-corrected chi connectivity index (χ4v) is 12.2. The van der Waals surface area contributed by atoms with E-state index in [1.54, 1.807) is 0 Å². The van der Waals surface area contributed by atoms with Gasteiger partial charge >= 0.3 is 120 Å². The fraction of sp³-hybridized carbons (Fsp3) is 0.200. The van der Waals surface area contributed by atoms with Crippen LogP contribution in [-0.4, -0.2) is 27.8 Å². The quantitative estimate of drug-likeness (QED) is 0.107. The maximum absolute atomic E-state index is 8.44. The second kappa shape index (κ2) is 19.6. The summed E-state index contributed by atoms with van der Waals surface area (Å²) < 4.78 is 18.9. The van der Waals surface area contributed by atoms with Crippen molar-refractivity contribution in [1.82, 2.24) is 14.5 Å². The maximum atomic E-state index is 8.44. The summed E-state index contributed by atoms with van der Waals surface area (Å²) in [5.74, 6) is 7.85. The molecule has 4 nitrogen and oxygen atoms in total. The van der Waals surface area contributed by atoms with Gasteiger partial charge in [0.1, 0.15) is 5.58 Å². The summed E-state index contributed by atoms with van der Waals surface area (Å²) >= 11 is -2.03. The Hall–Kier alpha value is -5.85. The minimum absolute atomic E-state index is 0. The van der Waals surface area contributed by atoms with E-state index >= 15 is 0 Å². The second-order valence-electron chi connectivity index (χ2n) is 18.9. The molecule has 0 saturated carbocycles. The third kappa shape index (κ3) is 9.27. The first kappa shape index (κ1) is 45.3. The summed E-state index contributed by atoms with van der Waals surface area (Å²) in [7, 11) is 0. The van der Waals surface area contributed by atoms with E-state index in [9.17, 15) is 0 Å². The molecule has 3 aromatic heterocycles. The molecule has 0 fully saturated rings. The number of hydrogen-bond donors (Lipinski definition) is 0. The predicted molar refractivity (Wildman–Crippen MR) is 277 cm³/mol. The maximum Gasteiger partial charge on any atom is 0 e. The zero-order valence-electron chi connectivity index (χ0n) is 40.3. The van der Waals surface area contributed by atoms with Crippen LogP contribution in [0.2, 0.25) is 17.3 Å². The predicted octanol–water partition coefficient (Wildman–Crippen LogP) is 16.2. The van der Waals surface area contributed by atoms with Crippen LogP contribution in [-0.2, 0) is 20.1 Å². The van der Waals surface area contributed by atoms with E-state index in [1.165, 1.54) is 37.9 Å². The van der Waals surface area contributed by atoms with Crippen LogP contribution in [0.15, 0.2) is 168 Å². The van der Waals surface area contributed by atoms with E-state index in [0.717, 1.165) is 66.7 Å². The van der Waals surface area contributed by atoms with Crippen molar-refractivity contribution in [3.63, 3.8) is 0 Å². The number of pyridine rings is 1. The molecule has 10 rings (SSSR count). The van der Waals surface area contributed by atoms with Gasteiger partial charge in [0, 0.05) is 31.2 Å². The molecule has 0 unspecified atom stereocenters. The van der Waals surface area contributed by atoms with Gasteiger partial charge in [-0.3, -0.25) is 4.98 Å². The molecule has 0 bridgehead atoms. The van der Waals surface area contributed by atoms with Gasteiger partial charge in [0.15, 0.2) is 0 Å². The number of aromatic nitrogens is 3. The Morgan fingerprint density at radius 2 is 1.24 bits per heavy atom. The molecule has 0 aliphatic carbocycles. The van der Waals surface area contributed by atoms with Crippen LogP contribution in [0.25, 0.3) is 83.6 Å². The number of benzene rings is 7. The van der Waals surface area contributed by atoms with E-state index in [-0.39, 0.29) is 31.9 Å². The summed E-state index contributed by atoms with van der Waals surface area (Å²) in [6.07, 6.45) is 2.00. The van der Waals surface area contributed by atoms with E-state index in [2.05, 4.69) is 188 Å². The first-order chi connectivity index (χ1) is 31.7. The van der Waals surface area contributed by atoms with Crippen molar-refractivity contribution in [1.29, 1.82) is 0 Å². The average molecular weight is 1100 g/mol. The first-order valence-electron chi connectivity index (χ1n) is 23.3. The number of rotatable bonds is 9. The number of para-hydroxylation sites is 2. The third-order valence-corrected chi connectivity index (χ3v) is 16.5. The fourth-order valence-electron chi connectivity index (χ4n) is 8.92. The summed E-state index contributed by atoms with van der Waals surface area (Å²) in [5.41, 5.74) is 16.1. The van der Waals surface area contributed by atoms with E-state index < -0.39 is 19.2 Å². The molecule has 0 aliphatic rings. The van der Waals surface area contributed by atoms with Gasteiger partial charge in [0.05, 0.1) is 22.4 Å².